The zero-order chi connectivity index (χ0) is 17.1. The number of benzene rings is 1. The molecule has 4 rings (SSSR count). The van der Waals surface area contributed by atoms with Crippen LogP contribution in [0.15, 0.2) is 23.1 Å². The number of carbonyl (C=O) groups is 2. The third-order valence-corrected chi connectivity index (χ3v) is 6.86. The molecule has 2 aliphatic heterocycles. The highest BCUT2D eigenvalue weighted by Gasteiger charge is 2.49. The van der Waals surface area contributed by atoms with Crippen LogP contribution in [-0.4, -0.2) is 54.6 Å². The number of nitrogens with two attached hydrogens (primary N) is 1. The van der Waals surface area contributed by atoms with E-state index in [-0.39, 0.29) is 28.4 Å². The summed E-state index contributed by atoms with van der Waals surface area (Å²) < 4.78 is 26.3. The molecule has 1 atom stereocenters. The zero-order valence-electron chi connectivity index (χ0n) is 13.1. The van der Waals surface area contributed by atoms with Gasteiger partial charge < -0.3 is 10.6 Å². The van der Waals surface area contributed by atoms with E-state index in [1.165, 1.54) is 18.2 Å². The summed E-state index contributed by atoms with van der Waals surface area (Å²) in [5.41, 5.74) is 6.17. The summed E-state index contributed by atoms with van der Waals surface area (Å²) >= 11 is 0. The molecule has 128 valence electrons. The van der Waals surface area contributed by atoms with Crippen molar-refractivity contribution in [3.05, 3.63) is 29.3 Å². The predicted molar refractivity (Wildman–Crippen MR) is 85.9 cm³/mol. The van der Waals surface area contributed by atoms with Crippen molar-refractivity contribution in [3.8, 4) is 0 Å². The maximum atomic E-state index is 12.7. The standard InChI is InChI=1S/C16H19N3O4S/c17-9-12-2-1-7-18(12)15(20)10-3-6-13-14(8-10)24(22,23)19(16(13)21)11-4-5-11/h3,6,8,11-12H,1-2,4-5,7,9,17H2/t12-/m1/s1. The lowest BCUT2D eigenvalue weighted by molar-refractivity contribution is 0.0740. The van der Waals surface area contributed by atoms with E-state index in [2.05, 4.69) is 0 Å². The Labute approximate surface area is 140 Å². The van der Waals surface area contributed by atoms with Gasteiger partial charge in [-0.2, -0.15) is 0 Å². The molecule has 2 heterocycles. The van der Waals surface area contributed by atoms with Crippen LogP contribution in [0.4, 0.5) is 0 Å². The first-order valence-electron chi connectivity index (χ1n) is 8.19. The second kappa shape index (κ2) is 5.29. The summed E-state index contributed by atoms with van der Waals surface area (Å²) in [5.74, 6) is -0.703. The number of rotatable bonds is 3. The summed E-state index contributed by atoms with van der Waals surface area (Å²) in [6.45, 7) is 1.01. The fraction of sp³-hybridized carbons (Fsp3) is 0.500. The maximum Gasteiger partial charge on any atom is 0.269 e. The van der Waals surface area contributed by atoms with Crippen molar-refractivity contribution in [2.24, 2.45) is 5.73 Å². The highest BCUT2D eigenvalue weighted by atomic mass is 32.2. The topological polar surface area (TPSA) is 101 Å². The van der Waals surface area contributed by atoms with Crippen molar-refractivity contribution in [2.75, 3.05) is 13.1 Å². The molecule has 0 bridgehead atoms. The number of likely N-dealkylation sites (tertiary alicyclic amines) is 1. The third kappa shape index (κ3) is 2.16. The monoisotopic (exact) mass is 349 g/mol. The minimum atomic E-state index is -3.84. The van der Waals surface area contributed by atoms with Crippen LogP contribution >= 0.6 is 0 Å². The molecule has 24 heavy (non-hydrogen) atoms. The van der Waals surface area contributed by atoms with Crippen LogP contribution in [0.3, 0.4) is 0 Å². The predicted octanol–water partition coefficient (Wildman–Crippen LogP) is 0.557. The van der Waals surface area contributed by atoms with E-state index in [4.69, 9.17) is 5.73 Å². The number of nitrogens with zero attached hydrogens (tertiary/aromatic N) is 2. The maximum absolute atomic E-state index is 12.7. The minimum Gasteiger partial charge on any atom is -0.334 e. The average Bonchev–Trinajstić information content (AvgIpc) is 3.22. The molecule has 1 saturated heterocycles. The molecule has 8 heteroatoms. The summed E-state index contributed by atoms with van der Waals surface area (Å²) in [7, 11) is -3.84. The molecule has 7 nitrogen and oxygen atoms in total. The average molecular weight is 349 g/mol. The number of fused-ring (bicyclic) bond motifs is 1. The number of hydrogen-bond donors (Lipinski definition) is 1. The van der Waals surface area contributed by atoms with Crippen LogP contribution in [0.5, 0.6) is 0 Å². The number of amides is 2. The van der Waals surface area contributed by atoms with E-state index in [9.17, 15) is 18.0 Å². The molecule has 1 saturated carbocycles. The van der Waals surface area contributed by atoms with Gasteiger partial charge in [0.15, 0.2) is 0 Å². The Bertz CT molecular complexity index is 832. The molecule has 2 fully saturated rings. The Morgan fingerprint density at radius 1 is 1.25 bits per heavy atom. The smallest absolute Gasteiger partial charge is 0.269 e. The second-order valence-corrected chi connectivity index (χ2v) is 8.36. The van der Waals surface area contributed by atoms with Gasteiger partial charge in [-0.25, -0.2) is 12.7 Å². The first-order chi connectivity index (χ1) is 11.4. The van der Waals surface area contributed by atoms with Gasteiger partial charge in [0, 0.05) is 30.7 Å². The van der Waals surface area contributed by atoms with Crippen molar-refractivity contribution in [1.29, 1.82) is 0 Å². The molecule has 0 aromatic heterocycles. The van der Waals surface area contributed by atoms with E-state index in [1.807, 2.05) is 0 Å². The Hall–Kier alpha value is -1.93. The van der Waals surface area contributed by atoms with E-state index < -0.39 is 15.9 Å². The van der Waals surface area contributed by atoms with Crippen LogP contribution in [-0.2, 0) is 10.0 Å². The molecule has 2 N–H and O–H groups in total. The first kappa shape index (κ1) is 15.6. The molecular formula is C16H19N3O4S. The number of hydrogen-bond acceptors (Lipinski definition) is 5. The van der Waals surface area contributed by atoms with Crippen LogP contribution in [0.1, 0.15) is 46.4 Å². The molecule has 1 aromatic rings. The van der Waals surface area contributed by atoms with Crippen molar-refractivity contribution < 1.29 is 18.0 Å². The highest BCUT2D eigenvalue weighted by molar-refractivity contribution is 7.90. The lowest BCUT2D eigenvalue weighted by Gasteiger charge is -2.23. The van der Waals surface area contributed by atoms with Crippen LogP contribution in [0.25, 0.3) is 0 Å². The summed E-state index contributed by atoms with van der Waals surface area (Å²) in [5, 5.41) is 0. The minimum absolute atomic E-state index is 0.00745. The summed E-state index contributed by atoms with van der Waals surface area (Å²) in [4.78, 5) is 26.7. The van der Waals surface area contributed by atoms with Gasteiger partial charge in [0.2, 0.25) is 0 Å². The molecule has 1 aromatic carbocycles. The zero-order valence-corrected chi connectivity index (χ0v) is 14.0. The fourth-order valence-electron chi connectivity index (χ4n) is 3.56. The molecule has 0 unspecified atom stereocenters. The SMILES string of the molecule is NC[C@H]1CCCN1C(=O)c1ccc2c(c1)S(=O)(=O)N(C1CC1)C2=O. The molecule has 1 aliphatic carbocycles. The van der Waals surface area contributed by atoms with Gasteiger partial charge >= 0.3 is 0 Å². The largest absolute Gasteiger partial charge is 0.334 e. The van der Waals surface area contributed by atoms with Gasteiger partial charge in [0.05, 0.1) is 5.56 Å². The van der Waals surface area contributed by atoms with Crippen LogP contribution < -0.4 is 5.73 Å². The van der Waals surface area contributed by atoms with Crippen molar-refractivity contribution in [3.63, 3.8) is 0 Å². The van der Waals surface area contributed by atoms with E-state index in [0.29, 0.717) is 31.5 Å². The Balaban J connectivity index is 1.71. The first-order valence-corrected chi connectivity index (χ1v) is 9.63. The lowest BCUT2D eigenvalue weighted by Crippen LogP contribution is -2.39. The Morgan fingerprint density at radius 2 is 2.00 bits per heavy atom. The van der Waals surface area contributed by atoms with Gasteiger partial charge in [-0.15, -0.1) is 0 Å². The van der Waals surface area contributed by atoms with Crippen molar-refractivity contribution in [2.45, 2.75) is 42.7 Å². The van der Waals surface area contributed by atoms with E-state index in [0.717, 1.165) is 17.1 Å². The quantitative estimate of drug-likeness (QED) is 0.859. The van der Waals surface area contributed by atoms with Crippen LogP contribution in [0, 0.1) is 0 Å². The van der Waals surface area contributed by atoms with Gasteiger partial charge in [0.1, 0.15) is 4.90 Å². The summed E-state index contributed by atoms with van der Waals surface area (Å²) in [6.07, 6.45) is 3.16. The second-order valence-electron chi connectivity index (χ2n) is 6.58. The van der Waals surface area contributed by atoms with E-state index in [1.54, 1.807) is 4.90 Å². The molecule has 2 amide bonds. The molecule has 0 spiro atoms. The Kier molecular flexibility index (Phi) is 3.43. The van der Waals surface area contributed by atoms with Crippen molar-refractivity contribution in [1.82, 2.24) is 9.21 Å². The Morgan fingerprint density at radius 3 is 2.67 bits per heavy atom. The molecule has 0 radical (unpaired) electrons. The van der Waals surface area contributed by atoms with E-state index >= 15 is 0 Å². The number of carbonyl (C=O) groups excluding carboxylic acids is 2. The molecule has 3 aliphatic rings. The third-order valence-electron chi connectivity index (χ3n) is 4.98. The lowest BCUT2D eigenvalue weighted by atomic mass is 10.1. The fourth-order valence-corrected chi connectivity index (χ4v) is 5.41. The normalized spacial score (nSPS) is 25.2. The van der Waals surface area contributed by atoms with Gasteiger partial charge in [-0.05, 0) is 43.9 Å². The molecular weight excluding hydrogens is 330 g/mol. The van der Waals surface area contributed by atoms with Gasteiger partial charge in [-0.3, -0.25) is 9.59 Å². The number of sulfonamides is 1. The highest BCUT2D eigenvalue weighted by Crippen LogP contribution is 2.39. The van der Waals surface area contributed by atoms with Gasteiger partial charge in [0.25, 0.3) is 21.8 Å². The van der Waals surface area contributed by atoms with Crippen LogP contribution in [0.2, 0.25) is 0 Å². The van der Waals surface area contributed by atoms with Gasteiger partial charge in [-0.1, -0.05) is 0 Å². The van der Waals surface area contributed by atoms with Crippen molar-refractivity contribution >= 4 is 21.8 Å². The summed E-state index contributed by atoms with van der Waals surface area (Å²) in [6, 6.07) is 4.11.